The van der Waals surface area contributed by atoms with Gasteiger partial charge in [-0.15, -0.1) is 0 Å². The molecule has 1 saturated carbocycles. The van der Waals surface area contributed by atoms with Gasteiger partial charge in [0, 0.05) is 0 Å². The minimum atomic E-state index is -0.684. The van der Waals surface area contributed by atoms with Crippen molar-refractivity contribution in [2.24, 2.45) is 5.92 Å². The molecule has 0 heterocycles. The van der Waals surface area contributed by atoms with Gasteiger partial charge in [-0.1, -0.05) is 26.2 Å². The van der Waals surface area contributed by atoms with Crippen molar-refractivity contribution in [3.8, 4) is 0 Å². The maximum atomic E-state index is 11.2. The Bertz CT molecular complexity index is 205. The van der Waals surface area contributed by atoms with Gasteiger partial charge in [0.1, 0.15) is 5.54 Å². The third kappa shape index (κ3) is 2.27. The molecule has 2 atom stereocenters. The summed E-state index contributed by atoms with van der Waals surface area (Å²) in [6, 6.07) is 0. The smallest absolute Gasteiger partial charge is 0.323 e. The van der Waals surface area contributed by atoms with Crippen LogP contribution in [-0.2, 0) is 4.79 Å². The van der Waals surface area contributed by atoms with E-state index >= 15 is 0 Å². The van der Waals surface area contributed by atoms with Crippen molar-refractivity contribution in [2.45, 2.75) is 51.0 Å². The predicted molar refractivity (Wildman–Crippen MR) is 56.3 cm³/mol. The Morgan fingerprint density at radius 1 is 1.50 bits per heavy atom. The molecule has 3 heteroatoms. The van der Waals surface area contributed by atoms with Gasteiger partial charge in [-0.2, -0.15) is 0 Å². The van der Waals surface area contributed by atoms with Gasteiger partial charge in [0.2, 0.25) is 0 Å². The fraction of sp³-hybridized carbons (Fsp3) is 0.909. The maximum Gasteiger partial charge on any atom is 0.323 e. The second-order valence-corrected chi connectivity index (χ2v) is 4.34. The van der Waals surface area contributed by atoms with Gasteiger partial charge >= 0.3 is 5.97 Å². The predicted octanol–water partition coefficient (Wildman–Crippen LogP) is 2.02. The zero-order valence-electron chi connectivity index (χ0n) is 9.18. The Morgan fingerprint density at radius 3 is 2.71 bits per heavy atom. The largest absolute Gasteiger partial charge is 0.480 e. The molecule has 82 valence electrons. The monoisotopic (exact) mass is 199 g/mol. The van der Waals surface area contributed by atoms with E-state index in [0.29, 0.717) is 0 Å². The molecule has 0 bridgehead atoms. The molecular weight excluding hydrogens is 178 g/mol. The molecule has 1 aliphatic rings. The number of aliphatic carboxylic acids is 1. The summed E-state index contributed by atoms with van der Waals surface area (Å²) >= 11 is 0. The zero-order valence-corrected chi connectivity index (χ0v) is 9.18. The van der Waals surface area contributed by atoms with Gasteiger partial charge < -0.3 is 10.4 Å². The van der Waals surface area contributed by atoms with Gasteiger partial charge in [0.15, 0.2) is 0 Å². The van der Waals surface area contributed by atoms with E-state index in [0.717, 1.165) is 31.6 Å². The van der Waals surface area contributed by atoms with Gasteiger partial charge in [-0.25, -0.2) is 0 Å². The van der Waals surface area contributed by atoms with Crippen LogP contribution in [0.4, 0.5) is 0 Å². The van der Waals surface area contributed by atoms with Crippen LogP contribution in [0.1, 0.15) is 45.4 Å². The van der Waals surface area contributed by atoms with Gasteiger partial charge in [-0.3, -0.25) is 4.79 Å². The first-order valence-electron chi connectivity index (χ1n) is 5.57. The molecule has 2 unspecified atom stereocenters. The van der Waals surface area contributed by atoms with Gasteiger partial charge in [0.05, 0.1) is 0 Å². The van der Waals surface area contributed by atoms with Crippen molar-refractivity contribution in [2.75, 3.05) is 7.05 Å². The minimum absolute atomic E-state index is 0.649. The number of rotatable bonds is 3. The first-order chi connectivity index (χ1) is 6.64. The highest BCUT2D eigenvalue weighted by Gasteiger charge is 2.38. The van der Waals surface area contributed by atoms with Crippen LogP contribution >= 0.6 is 0 Å². The summed E-state index contributed by atoms with van der Waals surface area (Å²) in [6.45, 7) is 2.19. The lowest BCUT2D eigenvalue weighted by atomic mass is 9.89. The first-order valence-corrected chi connectivity index (χ1v) is 5.57. The molecule has 0 amide bonds. The van der Waals surface area contributed by atoms with Crippen molar-refractivity contribution >= 4 is 5.97 Å². The van der Waals surface area contributed by atoms with Crippen LogP contribution in [-0.4, -0.2) is 23.7 Å². The molecule has 1 aliphatic carbocycles. The molecule has 2 N–H and O–H groups in total. The van der Waals surface area contributed by atoms with E-state index in [1.165, 1.54) is 12.8 Å². The molecule has 0 aromatic heterocycles. The van der Waals surface area contributed by atoms with Gasteiger partial charge in [-0.05, 0) is 32.2 Å². The van der Waals surface area contributed by atoms with Crippen molar-refractivity contribution in [1.29, 1.82) is 0 Å². The van der Waals surface area contributed by atoms with Crippen molar-refractivity contribution in [3.63, 3.8) is 0 Å². The number of hydrogen-bond acceptors (Lipinski definition) is 2. The molecule has 1 fully saturated rings. The average Bonchev–Trinajstić information content (AvgIpc) is 2.40. The normalized spacial score (nSPS) is 33.7. The van der Waals surface area contributed by atoms with E-state index in [2.05, 4.69) is 12.2 Å². The average molecular weight is 199 g/mol. The Labute approximate surface area is 85.9 Å². The Morgan fingerprint density at radius 2 is 2.21 bits per heavy atom. The summed E-state index contributed by atoms with van der Waals surface area (Å²) < 4.78 is 0. The number of hydrogen-bond donors (Lipinski definition) is 2. The Kier molecular flexibility index (Phi) is 3.93. The van der Waals surface area contributed by atoms with Crippen LogP contribution < -0.4 is 5.32 Å². The minimum Gasteiger partial charge on any atom is -0.480 e. The summed E-state index contributed by atoms with van der Waals surface area (Å²) in [5.41, 5.74) is -0.649. The van der Waals surface area contributed by atoms with E-state index in [-0.39, 0.29) is 0 Å². The topological polar surface area (TPSA) is 49.3 Å². The second-order valence-electron chi connectivity index (χ2n) is 4.34. The summed E-state index contributed by atoms with van der Waals surface area (Å²) in [4.78, 5) is 11.2. The molecule has 3 nitrogen and oxygen atoms in total. The fourth-order valence-corrected chi connectivity index (χ4v) is 2.39. The van der Waals surface area contributed by atoms with E-state index < -0.39 is 11.5 Å². The lowest BCUT2D eigenvalue weighted by molar-refractivity contribution is -0.145. The van der Waals surface area contributed by atoms with Crippen LogP contribution in [0.3, 0.4) is 0 Å². The Hall–Kier alpha value is -0.570. The lowest BCUT2D eigenvalue weighted by Gasteiger charge is -2.27. The van der Waals surface area contributed by atoms with Crippen molar-refractivity contribution in [1.82, 2.24) is 5.32 Å². The molecule has 14 heavy (non-hydrogen) atoms. The number of carboxylic acid groups (broad SMARTS) is 1. The number of likely N-dealkylation sites (N-methyl/N-ethyl adjacent to an activating group) is 1. The van der Waals surface area contributed by atoms with Gasteiger partial charge in [0.25, 0.3) is 0 Å². The second kappa shape index (κ2) is 4.78. The number of carboxylic acids is 1. The third-order valence-electron chi connectivity index (χ3n) is 3.66. The SMILES string of the molecule is CCC1CCCC(NC)(C(=O)O)CC1. The molecule has 0 aliphatic heterocycles. The van der Waals surface area contributed by atoms with E-state index in [1.807, 2.05) is 0 Å². The molecular formula is C11H21NO2. The molecule has 0 aromatic rings. The van der Waals surface area contributed by atoms with Crippen LogP contribution in [0.25, 0.3) is 0 Å². The highest BCUT2D eigenvalue weighted by molar-refractivity contribution is 5.78. The van der Waals surface area contributed by atoms with Crippen molar-refractivity contribution in [3.05, 3.63) is 0 Å². The Balaban J connectivity index is 2.66. The zero-order chi connectivity index (χ0) is 10.6. The summed E-state index contributed by atoms with van der Waals surface area (Å²) in [5.74, 6) is 0.0429. The highest BCUT2D eigenvalue weighted by atomic mass is 16.4. The molecule has 0 spiro atoms. The molecule has 0 saturated heterocycles. The van der Waals surface area contributed by atoms with Crippen molar-refractivity contribution < 1.29 is 9.90 Å². The molecule has 1 rings (SSSR count). The van der Waals surface area contributed by atoms with Crippen LogP contribution in [0.15, 0.2) is 0 Å². The van der Waals surface area contributed by atoms with E-state index in [1.54, 1.807) is 7.05 Å². The highest BCUT2D eigenvalue weighted by Crippen LogP contribution is 2.31. The van der Waals surface area contributed by atoms with Crippen LogP contribution in [0, 0.1) is 5.92 Å². The van der Waals surface area contributed by atoms with E-state index in [4.69, 9.17) is 0 Å². The summed E-state index contributed by atoms with van der Waals surface area (Å²) in [7, 11) is 1.76. The summed E-state index contributed by atoms with van der Waals surface area (Å²) in [6.07, 6.45) is 5.99. The third-order valence-corrected chi connectivity index (χ3v) is 3.66. The lowest BCUT2D eigenvalue weighted by Crippen LogP contribution is -2.49. The summed E-state index contributed by atoms with van der Waals surface area (Å²) in [5, 5.41) is 12.2. The maximum absolute atomic E-state index is 11.2. The quantitative estimate of drug-likeness (QED) is 0.684. The van der Waals surface area contributed by atoms with Crippen LogP contribution in [0.2, 0.25) is 0 Å². The molecule has 0 radical (unpaired) electrons. The number of carbonyl (C=O) groups is 1. The van der Waals surface area contributed by atoms with E-state index in [9.17, 15) is 9.90 Å². The fourth-order valence-electron chi connectivity index (χ4n) is 2.39. The molecule has 0 aromatic carbocycles. The number of nitrogens with one attached hydrogen (secondary N) is 1. The standard InChI is InChI=1S/C11H21NO2/c1-3-9-5-4-7-11(12-2,8-6-9)10(13)14/h9,12H,3-8H2,1-2H3,(H,13,14). The first kappa shape index (κ1) is 11.5. The van der Waals surface area contributed by atoms with Crippen LogP contribution in [0.5, 0.6) is 0 Å².